The maximum Gasteiger partial charge on any atom is 0.322 e. The molecule has 7 heteroatoms. The molecule has 0 spiro atoms. The van der Waals surface area contributed by atoms with Crippen LogP contribution in [0.2, 0.25) is 0 Å². The number of carbonyl (C=O) groups is 1. The van der Waals surface area contributed by atoms with E-state index in [2.05, 4.69) is 0 Å². The molecule has 1 heterocycles. The van der Waals surface area contributed by atoms with Crippen LogP contribution in [0.15, 0.2) is 29.2 Å². The highest BCUT2D eigenvalue weighted by atomic mass is 32.2. The standard InChI is InChI=1S/C16H23NO5S/c1-11(2)13-3-5-14(6-4-13)23(21,22)17-8-7-12(10-18)9-15(17)16(19)20/h3-6,11-12,15,18H,7-10H2,1-2H3,(H,19,20)/t12-,15-/m1/s1. The Bertz CT molecular complexity index is 654. The SMILES string of the molecule is CC(C)c1ccc(S(=O)(=O)N2CC[C@@H](CO)C[C@@H]2C(=O)O)cc1. The lowest BCUT2D eigenvalue weighted by Crippen LogP contribution is -2.50. The molecule has 2 N–H and O–H groups in total. The van der Waals surface area contributed by atoms with Crippen molar-refractivity contribution in [1.82, 2.24) is 4.31 Å². The van der Waals surface area contributed by atoms with Crippen LogP contribution in [-0.2, 0) is 14.8 Å². The van der Waals surface area contributed by atoms with Crippen molar-refractivity contribution in [2.24, 2.45) is 5.92 Å². The van der Waals surface area contributed by atoms with Crippen LogP contribution in [0.1, 0.15) is 38.2 Å². The Balaban J connectivity index is 2.31. The summed E-state index contributed by atoms with van der Waals surface area (Å²) in [5.41, 5.74) is 1.03. The second kappa shape index (κ2) is 6.98. The van der Waals surface area contributed by atoms with E-state index in [4.69, 9.17) is 0 Å². The Labute approximate surface area is 136 Å². The number of hydrogen-bond donors (Lipinski definition) is 2. The van der Waals surface area contributed by atoms with E-state index < -0.39 is 22.0 Å². The maximum atomic E-state index is 12.8. The van der Waals surface area contributed by atoms with E-state index >= 15 is 0 Å². The molecule has 1 saturated heterocycles. The van der Waals surface area contributed by atoms with Crippen LogP contribution in [0.3, 0.4) is 0 Å². The van der Waals surface area contributed by atoms with E-state index in [9.17, 15) is 23.4 Å². The molecule has 1 aliphatic rings. The number of hydrogen-bond acceptors (Lipinski definition) is 4. The van der Waals surface area contributed by atoms with Crippen molar-refractivity contribution < 1.29 is 23.4 Å². The van der Waals surface area contributed by atoms with E-state index in [1.807, 2.05) is 13.8 Å². The molecule has 1 aliphatic heterocycles. The first-order valence-corrected chi connectivity index (χ1v) is 9.16. The van der Waals surface area contributed by atoms with Gasteiger partial charge in [0.25, 0.3) is 0 Å². The summed E-state index contributed by atoms with van der Waals surface area (Å²) in [5.74, 6) is -1.06. The molecule has 0 saturated carbocycles. The average Bonchev–Trinajstić information content (AvgIpc) is 2.54. The summed E-state index contributed by atoms with van der Waals surface area (Å²) >= 11 is 0. The topological polar surface area (TPSA) is 94.9 Å². The fraction of sp³-hybridized carbons (Fsp3) is 0.562. The number of nitrogens with zero attached hydrogens (tertiary/aromatic N) is 1. The van der Waals surface area contributed by atoms with Gasteiger partial charge in [-0.3, -0.25) is 4.79 Å². The normalized spacial score (nSPS) is 23.1. The van der Waals surface area contributed by atoms with Crippen molar-refractivity contribution in [2.45, 2.75) is 43.5 Å². The monoisotopic (exact) mass is 341 g/mol. The molecule has 0 amide bonds. The zero-order valence-corrected chi connectivity index (χ0v) is 14.2. The summed E-state index contributed by atoms with van der Waals surface area (Å²) in [6.07, 6.45) is 0.596. The Morgan fingerprint density at radius 2 is 1.91 bits per heavy atom. The Kier molecular flexibility index (Phi) is 5.44. The van der Waals surface area contributed by atoms with Crippen LogP contribution in [0.5, 0.6) is 0 Å². The quantitative estimate of drug-likeness (QED) is 0.849. The molecule has 2 rings (SSSR count). The first kappa shape index (κ1) is 17.9. The number of rotatable bonds is 5. The van der Waals surface area contributed by atoms with Crippen molar-refractivity contribution in [3.05, 3.63) is 29.8 Å². The molecule has 0 unspecified atom stereocenters. The van der Waals surface area contributed by atoms with Crippen molar-refractivity contribution >= 4 is 16.0 Å². The van der Waals surface area contributed by atoms with Crippen molar-refractivity contribution in [1.29, 1.82) is 0 Å². The number of aliphatic carboxylic acids is 1. The number of aliphatic hydroxyl groups is 1. The minimum Gasteiger partial charge on any atom is -0.480 e. The molecular formula is C16H23NO5S. The minimum absolute atomic E-state index is 0.107. The van der Waals surface area contributed by atoms with Crippen molar-refractivity contribution in [2.75, 3.05) is 13.2 Å². The Morgan fingerprint density at radius 1 is 1.30 bits per heavy atom. The van der Waals surface area contributed by atoms with Gasteiger partial charge in [-0.2, -0.15) is 4.31 Å². The molecule has 0 radical (unpaired) electrons. The molecule has 2 atom stereocenters. The zero-order valence-electron chi connectivity index (χ0n) is 13.3. The molecule has 0 aromatic heterocycles. The molecule has 128 valence electrons. The smallest absolute Gasteiger partial charge is 0.322 e. The molecule has 1 fully saturated rings. The third-order valence-electron chi connectivity index (χ3n) is 4.36. The van der Waals surface area contributed by atoms with Gasteiger partial charge in [0.2, 0.25) is 10.0 Å². The van der Waals surface area contributed by atoms with Gasteiger partial charge in [0.15, 0.2) is 0 Å². The average molecular weight is 341 g/mol. The van der Waals surface area contributed by atoms with Crippen LogP contribution in [0.25, 0.3) is 0 Å². The second-order valence-corrected chi connectivity index (χ2v) is 8.16. The predicted octanol–water partition coefficient (Wildman–Crippen LogP) is 1.66. The third kappa shape index (κ3) is 3.73. The zero-order chi connectivity index (χ0) is 17.2. The van der Waals surface area contributed by atoms with E-state index in [1.54, 1.807) is 12.1 Å². The fourth-order valence-corrected chi connectivity index (χ4v) is 4.46. The summed E-state index contributed by atoms with van der Waals surface area (Å²) in [7, 11) is -3.86. The third-order valence-corrected chi connectivity index (χ3v) is 6.28. The van der Waals surface area contributed by atoms with Gasteiger partial charge in [-0.25, -0.2) is 8.42 Å². The maximum absolute atomic E-state index is 12.8. The number of carboxylic acid groups (broad SMARTS) is 1. The highest BCUT2D eigenvalue weighted by Gasteiger charge is 2.40. The molecule has 0 bridgehead atoms. The summed E-state index contributed by atoms with van der Waals surface area (Å²) in [6.45, 7) is 4.02. The van der Waals surface area contributed by atoms with Gasteiger partial charge < -0.3 is 10.2 Å². The summed E-state index contributed by atoms with van der Waals surface area (Å²) in [6, 6.07) is 5.45. The van der Waals surface area contributed by atoms with Crippen LogP contribution < -0.4 is 0 Å². The number of sulfonamides is 1. The fourth-order valence-electron chi connectivity index (χ4n) is 2.85. The van der Waals surface area contributed by atoms with E-state index in [1.165, 1.54) is 12.1 Å². The van der Waals surface area contributed by atoms with Crippen LogP contribution in [-0.4, -0.2) is 48.1 Å². The molecule has 0 aliphatic carbocycles. The number of carboxylic acids is 1. The highest BCUT2D eigenvalue weighted by molar-refractivity contribution is 7.89. The molecule has 1 aromatic carbocycles. The molecule has 23 heavy (non-hydrogen) atoms. The number of benzene rings is 1. The number of aliphatic hydroxyl groups excluding tert-OH is 1. The number of piperidine rings is 1. The van der Waals surface area contributed by atoms with E-state index in [0.29, 0.717) is 12.3 Å². The van der Waals surface area contributed by atoms with Gasteiger partial charge in [-0.05, 0) is 42.4 Å². The Hall–Kier alpha value is -1.44. The van der Waals surface area contributed by atoms with E-state index in [0.717, 1.165) is 9.87 Å². The molecule has 1 aromatic rings. The van der Waals surface area contributed by atoms with Crippen molar-refractivity contribution in [3.8, 4) is 0 Å². The van der Waals surface area contributed by atoms with E-state index in [-0.39, 0.29) is 30.4 Å². The Morgan fingerprint density at radius 3 is 2.39 bits per heavy atom. The lowest BCUT2D eigenvalue weighted by atomic mass is 9.93. The van der Waals surface area contributed by atoms with Gasteiger partial charge in [0.05, 0.1) is 4.90 Å². The second-order valence-electron chi connectivity index (χ2n) is 6.27. The molecular weight excluding hydrogens is 318 g/mol. The van der Waals surface area contributed by atoms with Gasteiger partial charge >= 0.3 is 5.97 Å². The molecule has 6 nitrogen and oxygen atoms in total. The van der Waals surface area contributed by atoms with Gasteiger partial charge in [0, 0.05) is 13.2 Å². The largest absolute Gasteiger partial charge is 0.480 e. The first-order chi connectivity index (χ1) is 10.8. The van der Waals surface area contributed by atoms with Gasteiger partial charge in [-0.15, -0.1) is 0 Å². The summed E-state index contributed by atoms with van der Waals surface area (Å²) in [5, 5.41) is 18.6. The first-order valence-electron chi connectivity index (χ1n) is 7.72. The van der Waals surface area contributed by atoms with Crippen molar-refractivity contribution in [3.63, 3.8) is 0 Å². The van der Waals surface area contributed by atoms with Gasteiger partial charge in [0.1, 0.15) is 6.04 Å². The lowest BCUT2D eigenvalue weighted by Gasteiger charge is -2.35. The summed E-state index contributed by atoms with van der Waals surface area (Å²) < 4.78 is 26.6. The predicted molar refractivity (Wildman–Crippen MR) is 85.7 cm³/mol. The lowest BCUT2D eigenvalue weighted by molar-refractivity contribution is -0.143. The van der Waals surface area contributed by atoms with Crippen LogP contribution in [0.4, 0.5) is 0 Å². The van der Waals surface area contributed by atoms with Crippen LogP contribution in [0, 0.1) is 5.92 Å². The highest BCUT2D eigenvalue weighted by Crippen LogP contribution is 2.29. The van der Waals surface area contributed by atoms with Gasteiger partial charge in [-0.1, -0.05) is 26.0 Å². The minimum atomic E-state index is -3.86. The summed E-state index contributed by atoms with van der Waals surface area (Å²) in [4.78, 5) is 11.6. The van der Waals surface area contributed by atoms with Crippen LogP contribution >= 0.6 is 0 Å².